The van der Waals surface area contributed by atoms with Crippen LogP contribution in [0.2, 0.25) is 0 Å². The zero-order valence-electron chi connectivity index (χ0n) is 14.3. The summed E-state index contributed by atoms with van der Waals surface area (Å²) >= 11 is 1.39. The Morgan fingerprint density at radius 2 is 2.00 bits per heavy atom. The van der Waals surface area contributed by atoms with E-state index < -0.39 is 12.6 Å². The van der Waals surface area contributed by atoms with Gasteiger partial charge in [-0.3, -0.25) is 0 Å². The number of aromatic nitrogens is 1. The number of halogens is 2. The van der Waals surface area contributed by atoms with E-state index in [4.69, 9.17) is 4.74 Å². The van der Waals surface area contributed by atoms with Gasteiger partial charge in [-0.2, -0.15) is 8.78 Å². The molecule has 0 fully saturated rings. The fourth-order valence-electron chi connectivity index (χ4n) is 2.21. The molecule has 0 aliphatic heterocycles. The number of hydrogen-bond acceptors (Lipinski definition) is 6. The van der Waals surface area contributed by atoms with Crippen LogP contribution in [0, 0.1) is 6.92 Å². The highest BCUT2D eigenvalue weighted by Crippen LogP contribution is 2.22. The second kappa shape index (κ2) is 8.59. The van der Waals surface area contributed by atoms with Crippen molar-refractivity contribution in [2.45, 2.75) is 20.1 Å². The Morgan fingerprint density at radius 1 is 1.22 bits per heavy atom. The number of thiazole rings is 1. The maximum Gasteiger partial charge on any atom is 0.387 e. The maximum atomic E-state index is 12.2. The number of nitrogens with zero attached hydrogens (tertiary/aromatic N) is 1. The van der Waals surface area contributed by atoms with E-state index in [1.54, 1.807) is 5.38 Å². The number of anilines is 2. The van der Waals surface area contributed by atoms with Gasteiger partial charge in [0.15, 0.2) is 5.13 Å². The van der Waals surface area contributed by atoms with Crippen molar-refractivity contribution in [2.24, 2.45) is 0 Å². The Bertz CT molecular complexity index is 913. The minimum atomic E-state index is -2.95. The molecule has 1 N–H and O–H groups in total. The predicted octanol–water partition coefficient (Wildman–Crippen LogP) is 5.15. The van der Waals surface area contributed by atoms with E-state index in [0.717, 1.165) is 11.3 Å². The number of nitrogens with one attached hydrogen (secondary N) is 1. The minimum Gasteiger partial charge on any atom is -0.456 e. The molecule has 0 aliphatic rings. The van der Waals surface area contributed by atoms with Gasteiger partial charge < -0.3 is 14.8 Å². The summed E-state index contributed by atoms with van der Waals surface area (Å²) in [6.07, 6.45) is 0. The second-order valence-electron chi connectivity index (χ2n) is 5.62. The molecule has 0 aliphatic carbocycles. The predicted molar refractivity (Wildman–Crippen MR) is 98.8 cm³/mol. The summed E-state index contributed by atoms with van der Waals surface area (Å²) in [5.74, 6) is -0.742. The monoisotopic (exact) mass is 390 g/mol. The molecule has 0 atom stereocenters. The Labute approximate surface area is 158 Å². The molecule has 0 radical (unpaired) electrons. The SMILES string of the molecule is Cc1ccc(Nc2nc(COC(=O)c3cccc(OC(F)F)c3)cs2)cc1. The fraction of sp³-hybridized carbons (Fsp3) is 0.158. The van der Waals surface area contributed by atoms with Gasteiger partial charge in [0.2, 0.25) is 0 Å². The summed E-state index contributed by atoms with van der Waals surface area (Å²) in [7, 11) is 0. The second-order valence-corrected chi connectivity index (χ2v) is 6.48. The van der Waals surface area contributed by atoms with Gasteiger partial charge in [0.25, 0.3) is 0 Å². The van der Waals surface area contributed by atoms with Gasteiger partial charge in [0.05, 0.1) is 11.3 Å². The minimum absolute atomic E-state index is 0.0230. The number of carbonyl (C=O) groups is 1. The van der Waals surface area contributed by atoms with Gasteiger partial charge in [-0.25, -0.2) is 9.78 Å². The molecule has 3 rings (SSSR count). The molecule has 3 aromatic rings. The zero-order chi connectivity index (χ0) is 19.2. The van der Waals surface area contributed by atoms with Gasteiger partial charge in [0, 0.05) is 11.1 Å². The summed E-state index contributed by atoms with van der Waals surface area (Å²) in [4.78, 5) is 16.4. The summed E-state index contributed by atoms with van der Waals surface area (Å²) in [5.41, 5.74) is 2.79. The number of esters is 1. The van der Waals surface area contributed by atoms with E-state index in [0.29, 0.717) is 10.8 Å². The third-order valence-corrected chi connectivity index (χ3v) is 4.31. The molecule has 5 nitrogen and oxygen atoms in total. The van der Waals surface area contributed by atoms with Crippen LogP contribution in [-0.2, 0) is 11.3 Å². The first-order valence-electron chi connectivity index (χ1n) is 8.00. The number of carbonyl (C=O) groups excluding carboxylic acids is 1. The molecule has 27 heavy (non-hydrogen) atoms. The van der Waals surface area contributed by atoms with E-state index in [1.807, 2.05) is 31.2 Å². The van der Waals surface area contributed by atoms with E-state index in [9.17, 15) is 13.6 Å². The van der Waals surface area contributed by atoms with Gasteiger partial charge in [-0.1, -0.05) is 23.8 Å². The lowest BCUT2D eigenvalue weighted by molar-refractivity contribution is -0.0499. The first-order chi connectivity index (χ1) is 13.0. The molecule has 0 unspecified atom stereocenters. The van der Waals surface area contributed by atoms with Crippen molar-refractivity contribution in [2.75, 3.05) is 5.32 Å². The third-order valence-electron chi connectivity index (χ3n) is 3.50. The molecule has 0 bridgehead atoms. The normalized spacial score (nSPS) is 10.7. The highest BCUT2D eigenvalue weighted by atomic mass is 32.1. The van der Waals surface area contributed by atoms with Crippen LogP contribution in [-0.4, -0.2) is 17.6 Å². The lowest BCUT2D eigenvalue weighted by atomic mass is 10.2. The molecular formula is C19H16F2N2O3S. The summed E-state index contributed by atoms with van der Waals surface area (Å²) < 4.78 is 34.0. The summed E-state index contributed by atoms with van der Waals surface area (Å²) in [6, 6.07) is 13.3. The van der Waals surface area contributed by atoms with Crippen LogP contribution in [0.15, 0.2) is 53.9 Å². The van der Waals surface area contributed by atoms with Crippen LogP contribution in [0.25, 0.3) is 0 Å². The largest absolute Gasteiger partial charge is 0.456 e. The first-order valence-corrected chi connectivity index (χ1v) is 8.87. The van der Waals surface area contributed by atoms with Gasteiger partial charge in [0.1, 0.15) is 12.4 Å². The Hall–Kier alpha value is -3.00. The molecule has 0 saturated heterocycles. The Morgan fingerprint density at radius 3 is 2.74 bits per heavy atom. The van der Waals surface area contributed by atoms with Gasteiger partial charge in [-0.05, 0) is 37.3 Å². The van der Waals surface area contributed by atoms with Gasteiger partial charge >= 0.3 is 12.6 Å². The molecule has 8 heteroatoms. The highest BCUT2D eigenvalue weighted by molar-refractivity contribution is 7.13. The average Bonchev–Trinajstić information content (AvgIpc) is 3.09. The standard InChI is InChI=1S/C19H16F2N2O3S/c1-12-5-7-14(8-6-12)22-19-23-15(11-27-19)10-25-17(24)13-3-2-4-16(9-13)26-18(20)21/h2-9,11,18H,10H2,1H3,(H,22,23). The third kappa shape index (κ3) is 5.49. The maximum absolute atomic E-state index is 12.2. The van der Waals surface area contributed by atoms with Crippen LogP contribution >= 0.6 is 11.3 Å². The van der Waals surface area contributed by atoms with Crippen LogP contribution in [0.4, 0.5) is 19.6 Å². The van der Waals surface area contributed by atoms with E-state index in [2.05, 4.69) is 15.0 Å². The molecule has 2 aromatic carbocycles. The molecule has 0 spiro atoms. The van der Waals surface area contributed by atoms with Crippen LogP contribution in [0.5, 0.6) is 5.75 Å². The summed E-state index contributed by atoms with van der Waals surface area (Å²) in [6.45, 7) is -0.967. The number of hydrogen-bond donors (Lipinski definition) is 1. The van der Waals surface area contributed by atoms with Crippen LogP contribution in [0.3, 0.4) is 0 Å². The van der Waals surface area contributed by atoms with Crippen molar-refractivity contribution >= 4 is 28.1 Å². The molecule has 0 amide bonds. The lowest BCUT2D eigenvalue weighted by Gasteiger charge is -2.07. The molecule has 1 aromatic heterocycles. The van der Waals surface area contributed by atoms with Crippen LogP contribution in [0.1, 0.15) is 21.6 Å². The average molecular weight is 390 g/mol. The van der Waals surface area contributed by atoms with Crippen molar-refractivity contribution in [1.82, 2.24) is 4.98 Å². The topological polar surface area (TPSA) is 60.5 Å². The number of alkyl halides is 2. The number of ether oxygens (including phenoxy) is 2. The van der Waals surface area contributed by atoms with Crippen molar-refractivity contribution in [3.63, 3.8) is 0 Å². The fourth-order valence-corrected chi connectivity index (χ4v) is 2.93. The molecule has 140 valence electrons. The highest BCUT2D eigenvalue weighted by Gasteiger charge is 2.12. The zero-order valence-corrected chi connectivity index (χ0v) is 15.1. The van der Waals surface area contributed by atoms with Crippen LogP contribution < -0.4 is 10.1 Å². The van der Waals surface area contributed by atoms with E-state index in [-0.39, 0.29) is 17.9 Å². The smallest absolute Gasteiger partial charge is 0.387 e. The van der Waals surface area contributed by atoms with Crippen molar-refractivity contribution in [3.05, 3.63) is 70.7 Å². The number of rotatable bonds is 7. The van der Waals surface area contributed by atoms with Crippen molar-refractivity contribution in [1.29, 1.82) is 0 Å². The Kier molecular flexibility index (Phi) is 5.97. The number of benzene rings is 2. The molecule has 0 saturated carbocycles. The number of aryl methyl sites for hydroxylation is 1. The van der Waals surface area contributed by atoms with Crippen molar-refractivity contribution in [3.8, 4) is 5.75 Å². The molecular weight excluding hydrogens is 374 g/mol. The quantitative estimate of drug-likeness (QED) is 0.565. The van der Waals surface area contributed by atoms with E-state index >= 15 is 0 Å². The first kappa shape index (κ1) is 18.8. The lowest BCUT2D eigenvalue weighted by Crippen LogP contribution is -2.07. The van der Waals surface area contributed by atoms with E-state index in [1.165, 1.54) is 35.6 Å². The Balaban J connectivity index is 1.56. The summed E-state index contributed by atoms with van der Waals surface area (Å²) in [5, 5.41) is 5.63. The molecule has 1 heterocycles. The van der Waals surface area contributed by atoms with Crippen molar-refractivity contribution < 1.29 is 23.0 Å². The van der Waals surface area contributed by atoms with Gasteiger partial charge in [-0.15, -0.1) is 11.3 Å².